The molecule has 1 fully saturated rings. The average Bonchev–Trinajstić information content (AvgIpc) is 3.11. The van der Waals surface area contributed by atoms with Crippen molar-refractivity contribution in [1.29, 1.82) is 0 Å². The molecule has 0 unspecified atom stereocenters. The van der Waals surface area contributed by atoms with Crippen LogP contribution >= 0.6 is 22.9 Å². The lowest BCUT2D eigenvalue weighted by molar-refractivity contribution is 0.0624. The van der Waals surface area contributed by atoms with E-state index in [0.717, 1.165) is 31.7 Å². The van der Waals surface area contributed by atoms with Crippen LogP contribution in [0, 0.1) is 0 Å². The van der Waals surface area contributed by atoms with E-state index in [-0.39, 0.29) is 5.91 Å². The first-order valence-electron chi connectivity index (χ1n) is 8.59. The van der Waals surface area contributed by atoms with E-state index in [4.69, 9.17) is 22.1 Å². The number of aryl methyl sites for hydroxylation is 1. The molecule has 0 atom stereocenters. The molecule has 6 nitrogen and oxygen atoms in total. The second kappa shape index (κ2) is 8.24. The lowest BCUT2D eigenvalue weighted by Crippen LogP contribution is -2.48. The van der Waals surface area contributed by atoms with Crippen molar-refractivity contribution in [3.8, 4) is 5.75 Å². The summed E-state index contributed by atoms with van der Waals surface area (Å²) < 4.78 is 5.30. The minimum absolute atomic E-state index is 0.0784. The number of carbonyl (C=O) groups is 1. The van der Waals surface area contributed by atoms with Crippen LogP contribution in [-0.2, 0) is 13.0 Å². The molecule has 0 saturated carbocycles. The zero-order valence-corrected chi connectivity index (χ0v) is 16.6. The van der Waals surface area contributed by atoms with E-state index < -0.39 is 0 Å². The number of nitrogens with zero attached hydrogens (tertiary/aromatic N) is 3. The van der Waals surface area contributed by atoms with Crippen molar-refractivity contribution >= 4 is 34.5 Å². The highest BCUT2D eigenvalue weighted by Gasteiger charge is 2.25. The summed E-state index contributed by atoms with van der Waals surface area (Å²) in [5.41, 5.74) is 7.76. The third-order valence-electron chi connectivity index (χ3n) is 4.50. The van der Waals surface area contributed by atoms with Gasteiger partial charge in [-0.25, -0.2) is 4.98 Å². The molecule has 1 amide bonds. The maximum Gasteiger partial charge on any atom is 0.257 e. The van der Waals surface area contributed by atoms with Crippen LogP contribution in [0.25, 0.3) is 0 Å². The van der Waals surface area contributed by atoms with Gasteiger partial charge in [0.1, 0.15) is 5.75 Å². The number of benzene rings is 1. The molecule has 26 heavy (non-hydrogen) atoms. The Morgan fingerprint density at radius 2 is 2.08 bits per heavy atom. The van der Waals surface area contributed by atoms with Gasteiger partial charge in [0.2, 0.25) is 0 Å². The molecule has 1 aromatic carbocycles. The molecule has 2 heterocycles. The van der Waals surface area contributed by atoms with Crippen molar-refractivity contribution in [3.63, 3.8) is 0 Å². The van der Waals surface area contributed by atoms with E-state index >= 15 is 0 Å². The number of hydrogen-bond acceptors (Lipinski definition) is 6. The fourth-order valence-electron chi connectivity index (χ4n) is 3.00. The molecule has 0 aliphatic carbocycles. The Kier molecular flexibility index (Phi) is 6.01. The average molecular weight is 395 g/mol. The summed E-state index contributed by atoms with van der Waals surface area (Å²) in [6.07, 6.45) is 0.971. The van der Waals surface area contributed by atoms with Crippen molar-refractivity contribution in [2.45, 2.75) is 19.9 Å². The summed E-state index contributed by atoms with van der Waals surface area (Å²) in [6, 6.07) is 3.19. The summed E-state index contributed by atoms with van der Waals surface area (Å²) in [7, 11) is 1.52. The Morgan fingerprint density at radius 1 is 1.35 bits per heavy atom. The zero-order valence-electron chi connectivity index (χ0n) is 15.0. The molecule has 1 saturated heterocycles. The van der Waals surface area contributed by atoms with Gasteiger partial charge in [0.25, 0.3) is 5.91 Å². The van der Waals surface area contributed by atoms with E-state index in [0.29, 0.717) is 35.1 Å². The molecule has 1 aromatic heterocycles. The summed E-state index contributed by atoms with van der Waals surface area (Å²) in [5.74, 6) is 0.374. The first-order valence-corrected chi connectivity index (χ1v) is 9.85. The molecule has 0 spiro atoms. The van der Waals surface area contributed by atoms with Crippen LogP contribution in [0.1, 0.15) is 28.0 Å². The van der Waals surface area contributed by atoms with E-state index in [1.807, 2.05) is 4.90 Å². The number of anilines is 1. The smallest absolute Gasteiger partial charge is 0.257 e. The van der Waals surface area contributed by atoms with Gasteiger partial charge >= 0.3 is 0 Å². The first-order chi connectivity index (χ1) is 12.5. The molecular formula is C18H23ClN4O2S. The number of thiazole rings is 1. The van der Waals surface area contributed by atoms with Crippen LogP contribution in [-0.4, -0.2) is 54.0 Å². The summed E-state index contributed by atoms with van der Waals surface area (Å²) in [4.78, 5) is 21.6. The van der Waals surface area contributed by atoms with Gasteiger partial charge in [0, 0.05) is 44.2 Å². The third kappa shape index (κ3) is 4.11. The van der Waals surface area contributed by atoms with E-state index in [1.165, 1.54) is 12.1 Å². The number of piperazine rings is 1. The molecule has 2 N–H and O–H groups in total. The van der Waals surface area contributed by atoms with Crippen molar-refractivity contribution in [1.82, 2.24) is 14.8 Å². The van der Waals surface area contributed by atoms with Crippen LogP contribution in [0.4, 0.5) is 5.69 Å². The Balaban J connectivity index is 1.62. The van der Waals surface area contributed by atoms with Gasteiger partial charge in [-0.2, -0.15) is 0 Å². The number of nitrogens with two attached hydrogens (primary N) is 1. The third-order valence-corrected chi connectivity index (χ3v) is 5.87. The number of rotatable bonds is 5. The Labute approximate surface area is 162 Å². The topological polar surface area (TPSA) is 71.7 Å². The second-order valence-corrected chi connectivity index (χ2v) is 7.58. The maximum absolute atomic E-state index is 12.9. The molecule has 1 aliphatic rings. The SMILES string of the molecule is CCc1nc(CN2CCN(C(=O)c3cc(Cl)c(N)cc3OC)CC2)cs1. The van der Waals surface area contributed by atoms with Crippen molar-refractivity contribution in [3.05, 3.63) is 38.8 Å². The number of halogens is 1. The Hall–Kier alpha value is -1.83. The van der Waals surface area contributed by atoms with Crippen molar-refractivity contribution in [2.24, 2.45) is 0 Å². The molecule has 8 heteroatoms. The molecule has 3 rings (SSSR count). The van der Waals surface area contributed by atoms with Crippen LogP contribution in [0.3, 0.4) is 0 Å². The van der Waals surface area contributed by atoms with E-state index in [2.05, 4.69) is 22.2 Å². The molecule has 2 aromatic rings. The fourth-order valence-corrected chi connectivity index (χ4v) is 3.90. The van der Waals surface area contributed by atoms with Gasteiger partial charge in [-0.1, -0.05) is 18.5 Å². The molecule has 0 radical (unpaired) electrons. The lowest BCUT2D eigenvalue weighted by Gasteiger charge is -2.34. The number of amides is 1. The predicted octanol–water partition coefficient (Wildman–Crippen LogP) is 2.91. The van der Waals surface area contributed by atoms with E-state index in [1.54, 1.807) is 23.5 Å². The van der Waals surface area contributed by atoms with Crippen LogP contribution in [0.15, 0.2) is 17.5 Å². The number of carbonyl (C=O) groups excluding carboxylic acids is 1. The highest BCUT2D eigenvalue weighted by atomic mass is 35.5. The van der Waals surface area contributed by atoms with Gasteiger partial charge in [0.05, 0.1) is 34.1 Å². The number of ether oxygens (including phenoxy) is 1. The highest BCUT2D eigenvalue weighted by molar-refractivity contribution is 7.09. The standard InChI is InChI=1S/C18H23ClN4O2S/c1-3-17-21-12(11-26-17)10-22-4-6-23(7-5-22)18(24)13-8-14(19)15(20)9-16(13)25-2/h8-9,11H,3-7,10,20H2,1-2H3. The predicted molar refractivity (Wildman–Crippen MR) is 105 cm³/mol. The van der Waals surface area contributed by atoms with Gasteiger partial charge in [-0.3, -0.25) is 9.69 Å². The minimum Gasteiger partial charge on any atom is -0.496 e. The Morgan fingerprint density at radius 3 is 2.69 bits per heavy atom. The second-order valence-electron chi connectivity index (χ2n) is 6.23. The normalized spacial score (nSPS) is 15.3. The van der Waals surface area contributed by atoms with E-state index in [9.17, 15) is 4.79 Å². The highest BCUT2D eigenvalue weighted by Crippen LogP contribution is 2.30. The number of methoxy groups -OCH3 is 1. The largest absolute Gasteiger partial charge is 0.496 e. The van der Waals surface area contributed by atoms with Gasteiger partial charge in [-0.05, 0) is 12.5 Å². The van der Waals surface area contributed by atoms with Gasteiger partial charge in [0.15, 0.2) is 0 Å². The number of nitrogen functional groups attached to an aromatic ring is 1. The zero-order chi connectivity index (χ0) is 18.7. The van der Waals surface area contributed by atoms with Crippen LogP contribution < -0.4 is 10.5 Å². The summed E-state index contributed by atoms with van der Waals surface area (Å²) >= 11 is 7.80. The van der Waals surface area contributed by atoms with Crippen molar-refractivity contribution in [2.75, 3.05) is 39.0 Å². The quantitative estimate of drug-likeness (QED) is 0.789. The monoisotopic (exact) mass is 394 g/mol. The molecule has 0 bridgehead atoms. The Bertz CT molecular complexity index is 787. The van der Waals surface area contributed by atoms with Gasteiger partial charge in [-0.15, -0.1) is 11.3 Å². The van der Waals surface area contributed by atoms with Crippen molar-refractivity contribution < 1.29 is 9.53 Å². The van der Waals surface area contributed by atoms with Crippen LogP contribution in [0.2, 0.25) is 5.02 Å². The number of hydrogen-bond donors (Lipinski definition) is 1. The molecular weight excluding hydrogens is 372 g/mol. The van der Waals surface area contributed by atoms with Crippen LogP contribution in [0.5, 0.6) is 5.75 Å². The molecule has 140 valence electrons. The fraction of sp³-hybridized carbons (Fsp3) is 0.444. The van der Waals surface area contributed by atoms with Gasteiger partial charge < -0.3 is 15.4 Å². The minimum atomic E-state index is -0.0784. The summed E-state index contributed by atoms with van der Waals surface area (Å²) in [6.45, 7) is 5.90. The lowest BCUT2D eigenvalue weighted by atomic mass is 10.1. The molecule has 1 aliphatic heterocycles. The number of aromatic nitrogens is 1. The maximum atomic E-state index is 12.9. The summed E-state index contributed by atoms with van der Waals surface area (Å²) in [5, 5.41) is 3.65. The first kappa shape index (κ1) is 18.9.